The van der Waals surface area contributed by atoms with Gasteiger partial charge in [0, 0.05) is 6.04 Å². The quantitative estimate of drug-likeness (QED) is 0.673. The summed E-state index contributed by atoms with van der Waals surface area (Å²) in [7, 11) is 0. The van der Waals surface area contributed by atoms with Crippen molar-refractivity contribution in [2.24, 2.45) is 5.73 Å². The molecular weight excluding hydrogens is 160 g/mol. The van der Waals surface area contributed by atoms with E-state index in [1.54, 1.807) is 0 Å². The van der Waals surface area contributed by atoms with E-state index in [1.165, 1.54) is 5.56 Å². The zero-order valence-electron chi connectivity index (χ0n) is 8.16. The second-order valence-electron chi connectivity index (χ2n) is 3.23. The molecule has 0 fully saturated rings. The molecule has 1 rings (SSSR count). The fraction of sp³-hybridized carbons (Fsp3) is 0.455. The van der Waals surface area contributed by atoms with Gasteiger partial charge in [-0.05, 0) is 32.0 Å². The van der Waals surface area contributed by atoms with E-state index in [1.807, 2.05) is 6.07 Å². The lowest BCUT2D eigenvalue weighted by Gasteiger charge is -2.13. The lowest BCUT2D eigenvalue weighted by atomic mass is 10.1. The molecule has 1 unspecified atom stereocenters. The molecular formula is C11H18N2. The molecule has 0 radical (unpaired) electrons. The van der Waals surface area contributed by atoms with Crippen molar-refractivity contribution in [1.29, 1.82) is 0 Å². The normalized spacial score (nSPS) is 12.8. The molecule has 0 bridgehead atoms. The number of nitrogens with two attached hydrogens (primary N) is 1. The van der Waals surface area contributed by atoms with Gasteiger partial charge in [0.1, 0.15) is 0 Å². The van der Waals surface area contributed by atoms with Gasteiger partial charge in [-0.15, -0.1) is 0 Å². The standard InChI is InChI=1S/C11H18N2/c1-10(13-9-5-8-12)11-6-3-2-4-7-11/h2-4,6-7,10,13H,5,8-9,12H2,1H3. The fourth-order valence-electron chi connectivity index (χ4n) is 1.28. The smallest absolute Gasteiger partial charge is 0.0291 e. The molecule has 1 aromatic rings. The maximum Gasteiger partial charge on any atom is 0.0291 e. The zero-order valence-corrected chi connectivity index (χ0v) is 8.16. The molecule has 2 nitrogen and oxygen atoms in total. The molecule has 2 heteroatoms. The van der Waals surface area contributed by atoms with Gasteiger partial charge in [-0.25, -0.2) is 0 Å². The Morgan fingerprint density at radius 2 is 2.00 bits per heavy atom. The van der Waals surface area contributed by atoms with E-state index in [-0.39, 0.29) is 0 Å². The minimum absolute atomic E-state index is 0.424. The molecule has 0 heterocycles. The van der Waals surface area contributed by atoms with E-state index in [2.05, 4.69) is 36.5 Å². The largest absolute Gasteiger partial charge is 0.330 e. The monoisotopic (exact) mass is 178 g/mol. The van der Waals surface area contributed by atoms with E-state index in [0.29, 0.717) is 6.04 Å². The number of hydrogen-bond acceptors (Lipinski definition) is 2. The summed E-state index contributed by atoms with van der Waals surface area (Å²) < 4.78 is 0. The van der Waals surface area contributed by atoms with Crippen molar-refractivity contribution in [3.8, 4) is 0 Å². The van der Waals surface area contributed by atoms with Gasteiger partial charge in [-0.3, -0.25) is 0 Å². The maximum absolute atomic E-state index is 5.41. The highest BCUT2D eigenvalue weighted by Crippen LogP contribution is 2.10. The van der Waals surface area contributed by atoms with Crippen LogP contribution in [-0.2, 0) is 0 Å². The van der Waals surface area contributed by atoms with Gasteiger partial charge in [-0.1, -0.05) is 30.3 Å². The van der Waals surface area contributed by atoms with Crippen molar-refractivity contribution < 1.29 is 0 Å². The van der Waals surface area contributed by atoms with Crippen molar-refractivity contribution >= 4 is 0 Å². The Labute approximate surface area is 80.1 Å². The molecule has 0 amide bonds. The topological polar surface area (TPSA) is 38.0 Å². The Morgan fingerprint density at radius 1 is 1.31 bits per heavy atom. The van der Waals surface area contributed by atoms with E-state index in [0.717, 1.165) is 19.5 Å². The molecule has 0 spiro atoms. The molecule has 0 aliphatic heterocycles. The number of hydrogen-bond donors (Lipinski definition) is 2. The lowest BCUT2D eigenvalue weighted by Crippen LogP contribution is -2.21. The van der Waals surface area contributed by atoms with E-state index in [9.17, 15) is 0 Å². The average Bonchev–Trinajstić information content (AvgIpc) is 2.19. The second-order valence-corrected chi connectivity index (χ2v) is 3.23. The van der Waals surface area contributed by atoms with Gasteiger partial charge >= 0.3 is 0 Å². The van der Waals surface area contributed by atoms with Crippen LogP contribution in [0.5, 0.6) is 0 Å². The molecule has 1 aromatic carbocycles. The van der Waals surface area contributed by atoms with Gasteiger partial charge in [-0.2, -0.15) is 0 Å². The highest BCUT2D eigenvalue weighted by Gasteiger charge is 2.01. The average molecular weight is 178 g/mol. The molecule has 0 aromatic heterocycles. The predicted octanol–water partition coefficient (Wildman–Crippen LogP) is 1.69. The predicted molar refractivity (Wildman–Crippen MR) is 56.5 cm³/mol. The van der Waals surface area contributed by atoms with Gasteiger partial charge < -0.3 is 11.1 Å². The van der Waals surface area contributed by atoms with Crippen LogP contribution in [-0.4, -0.2) is 13.1 Å². The summed E-state index contributed by atoms with van der Waals surface area (Å²) in [5.41, 5.74) is 6.75. The fourth-order valence-corrected chi connectivity index (χ4v) is 1.28. The number of benzene rings is 1. The van der Waals surface area contributed by atoms with Crippen LogP contribution < -0.4 is 11.1 Å². The minimum atomic E-state index is 0.424. The van der Waals surface area contributed by atoms with Crippen LogP contribution in [0.1, 0.15) is 24.9 Å². The van der Waals surface area contributed by atoms with Gasteiger partial charge in [0.05, 0.1) is 0 Å². The van der Waals surface area contributed by atoms with Crippen LogP contribution in [0, 0.1) is 0 Å². The van der Waals surface area contributed by atoms with Gasteiger partial charge in [0.2, 0.25) is 0 Å². The molecule has 0 saturated carbocycles. The Morgan fingerprint density at radius 3 is 2.62 bits per heavy atom. The summed E-state index contributed by atoms with van der Waals surface area (Å²) in [5, 5.41) is 3.42. The summed E-state index contributed by atoms with van der Waals surface area (Å²) in [6.45, 7) is 3.92. The first-order chi connectivity index (χ1) is 6.34. The third kappa shape index (κ3) is 3.57. The van der Waals surface area contributed by atoms with Crippen molar-refractivity contribution in [3.05, 3.63) is 35.9 Å². The van der Waals surface area contributed by atoms with Crippen molar-refractivity contribution in [2.45, 2.75) is 19.4 Å². The third-order valence-corrected chi connectivity index (χ3v) is 2.13. The van der Waals surface area contributed by atoms with E-state index >= 15 is 0 Å². The van der Waals surface area contributed by atoms with Crippen LogP contribution in [0.25, 0.3) is 0 Å². The molecule has 72 valence electrons. The Kier molecular flexibility index (Phi) is 4.50. The van der Waals surface area contributed by atoms with Crippen LogP contribution in [0.4, 0.5) is 0 Å². The van der Waals surface area contributed by atoms with Crippen molar-refractivity contribution in [2.75, 3.05) is 13.1 Å². The highest BCUT2D eigenvalue weighted by molar-refractivity contribution is 5.17. The highest BCUT2D eigenvalue weighted by atomic mass is 14.9. The molecule has 0 aliphatic carbocycles. The van der Waals surface area contributed by atoms with Gasteiger partial charge in [0.25, 0.3) is 0 Å². The molecule has 3 N–H and O–H groups in total. The molecule has 1 atom stereocenters. The minimum Gasteiger partial charge on any atom is -0.330 e. The molecule has 0 saturated heterocycles. The summed E-state index contributed by atoms with van der Waals surface area (Å²) in [5.74, 6) is 0. The summed E-state index contributed by atoms with van der Waals surface area (Å²) in [4.78, 5) is 0. The van der Waals surface area contributed by atoms with Crippen molar-refractivity contribution in [3.63, 3.8) is 0 Å². The number of rotatable bonds is 5. The first-order valence-corrected chi connectivity index (χ1v) is 4.83. The molecule has 13 heavy (non-hydrogen) atoms. The lowest BCUT2D eigenvalue weighted by molar-refractivity contribution is 0.562. The third-order valence-electron chi connectivity index (χ3n) is 2.13. The first-order valence-electron chi connectivity index (χ1n) is 4.83. The zero-order chi connectivity index (χ0) is 9.52. The summed E-state index contributed by atoms with van der Waals surface area (Å²) in [6, 6.07) is 10.9. The van der Waals surface area contributed by atoms with Crippen LogP contribution in [0.3, 0.4) is 0 Å². The summed E-state index contributed by atoms with van der Waals surface area (Å²) in [6.07, 6.45) is 1.04. The SMILES string of the molecule is CC(NCCCN)c1ccccc1. The second kappa shape index (κ2) is 5.73. The maximum atomic E-state index is 5.41. The Balaban J connectivity index is 2.35. The van der Waals surface area contributed by atoms with E-state index in [4.69, 9.17) is 5.73 Å². The van der Waals surface area contributed by atoms with Crippen molar-refractivity contribution in [1.82, 2.24) is 5.32 Å². The number of nitrogens with one attached hydrogen (secondary N) is 1. The van der Waals surface area contributed by atoms with E-state index < -0.39 is 0 Å². The van der Waals surface area contributed by atoms with Crippen LogP contribution >= 0.6 is 0 Å². The van der Waals surface area contributed by atoms with Crippen LogP contribution in [0.2, 0.25) is 0 Å². The first kappa shape index (κ1) is 10.2. The molecule has 0 aliphatic rings. The van der Waals surface area contributed by atoms with Crippen LogP contribution in [0.15, 0.2) is 30.3 Å². The summed E-state index contributed by atoms with van der Waals surface area (Å²) >= 11 is 0. The Bertz CT molecular complexity index is 221. The Hall–Kier alpha value is -0.860. The van der Waals surface area contributed by atoms with Gasteiger partial charge in [0.15, 0.2) is 0 Å².